The number of halogens is 2. The summed E-state index contributed by atoms with van der Waals surface area (Å²) in [5.74, 6) is -5.85. The number of benzene rings is 1. The Hall–Kier alpha value is -2.23. The average molecular weight is 308 g/mol. The van der Waals surface area contributed by atoms with E-state index < -0.39 is 57.0 Å². The second-order valence-electron chi connectivity index (χ2n) is 3.74. The molecule has 1 rings (SSSR count). The molecule has 0 saturated carbocycles. The highest BCUT2D eigenvalue weighted by molar-refractivity contribution is 7.92. The van der Waals surface area contributed by atoms with Gasteiger partial charge in [0, 0.05) is 6.07 Å². The quantitative estimate of drug-likeness (QED) is 0.695. The topological polar surface area (TPSA) is 127 Å². The number of nitrogens with two attached hydrogens (primary N) is 1. The minimum Gasteiger partial charge on any atom is -0.481 e. The summed E-state index contributed by atoms with van der Waals surface area (Å²) in [6, 6.07) is 0.903. The summed E-state index contributed by atoms with van der Waals surface area (Å²) in [5, 5.41) is 8.37. The summed E-state index contributed by atoms with van der Waals surface area (Å²) in [6.07, 6.45) is -0.694. The van der Waals surface area contributed by atoms with Crippen molar-refractivity contribution < 1.29 is 31.9 Å². The molecule has 1 aromatic rings. The summed E-state index contributed by atoms with van der Waals surface area (Å²) < 4.78 is 51.2. The van der Waals surface area contributed by atoms with E-state index in [-0.39, 0.29) is 0 Å². The highest BCUT2D eigenvalue weighted by Crippen LogP contribution is 2.20. The number of sulfonamides is 1. The van der Waals surface area contributed by atoms with E-state index in [0.29, 0.717) is 12.1 Å². The van der Waals surface area contributed by atoms with Crippen LogP contribution in [-0.4, -0.2) is 31.2 Å². The number of carbonyl (C=O) groups excluding carboxylic acids is 1. The molecule has 1 aromatic carbocycles. The van der Waals surface area contributed by atoms with Crippen molar-refractivity contribution >= 4 is 27.6 Å². The van der Waals surface area contributed by atoms with Crippen molar-refractivity contribution in [2.24, 2.45) is 5.73 Å². The Kier molecular flexibility index (Phi) is 4.61. The molecular formula is C10H10F2N2O5S. The fourth-order valence-electron chi connectivity index (χ4n) is 1.26. The van der Waals surface area contributed by atoms with Crippen LogP contribution < -0.4 is 10.5 Å². The maximum Gasteiger partial charge on any atom is 0.304 e. The average Bonchev–Trinajstić information content (AvgIpc) is 2.29. The molecule has 0 radical (unpaired) electrons. The number of carboxylic acids is 1. The third-order valence-corrected chi connectivity index (χ3v) is 3.44. The Morgan fingerprint density at radius 3 is 2.35 bits per heavy atom. The van der Waals surface area contributed by atoms with Crippen LogP contribution in [0.3, 0.4) is 0 Å². The Labute approximate surface area is 112 Å². The lowest BCUT2D eigenvalue weighted by atomic mass is 10.2. The highest BCUT2D eigenvalue weighted by Gasteiger charge is 2.19. The summed E-state index contributed by atoms with van der Waals surface area (Å²) in [4.78, 5) is 21.1. The van der Waals surface area contributed by atoms with Crippen LogP contribution in [0.1, 0.15) is 16.8 Å². The molecule has 4 N–H and O–H groups in total. The van der Waals surface area contributed by atoms with Crippen molar-refractivity contribution in [1.29, 1.82) is 0 Å². The van der Waals surface area contributed by atoms with E-state index in [1.807, 2.05) is 0 Å². The molecule has 0 saturated heterocycles. The second kappa shape index (κ2) is 5.82. The van der Waals surface area contributed by atoms with Crippen LogP contribution in [0.25, 0.3) is 0 Å². The molecule has 0 aromatic heterocycles. The predicted molar refractivity (Wildman–Crippen MR) is 64.5 cm³/mol. The fraction of sp³-hybridized carbons (Fsp3) is 0.200. The van der Waals surface area contributed by atoms with Gasteiger partial charge in [0.05, 0.1) is 23.4 Å². The Balaban J connectivity index is 3.06. The SMILES string of the molecule is NC(=O)c1cc(NS(=O)(=O)CCC(=O)O)c(F)cc1F. The third-order valence-electron chi connectivity index (χ3n) is 2.17. The van der Waals surface area contributed by atoms with Crippen molar-refractivity contribution in [3.63, 3.8) is 0 Å². The lowest BCUT2D eigenvalue weighted by Crippen LogP contribution is -2.21. The Bertz CT molecular complexity index is 660. The van der Waals surface area contributed by atoms with E-state index in [1.54, 1.807) is 4.72 Å². The van der Waals surface area contributed by atoms with Gasteiger partial charge < -0.3 is 10.8 Å². The largest absolute Gasteiger partial charge is 0.481 e. The summed E-state index contributed by atoms with van der Waals surface area (Å²) in [5.41, 5.74) is 3.46. The number of primary amides is 1. The number of hydrogen-bond donors (Lipinski definition) is 3. The minimum absolute atomic E-state index is 0.301. The number of nitrogens with one attached hydrogen (secondary N) is 1. The molecule has 20 heavy (non-hydrogen) atoms. The molecule has 110 valence electrons. The summed E-state index contributed by atoms with van der Waals surface area (Å²) in [6.45, 7) is 0. The number of amides is 1. The maximum absolute atomic E-state index is 13.4. The van der Waals surface area contributed by atoms with Gasteiger partial charge >= 0.3 is 5.97 Å². The zero-order valence-electron chi connectivity index (χ0n) is 9.89. The van der Waals surface area contributed by atoms with Gasteiger partial charge in [-0.15, -0.1) is 0 Å². The van der Waals surface area contributed by atoms with Gasteiger partial charge in [-0.3, -0.25) is 14.3 Å². The monoisotopic (exact) mass is 308 g/mol. The number of carbonyl (C=O) groups is 2. The van der Waals surface area contributed by atoms with Crippen LogP contribution in [0, 0.1) is 11.6 Å². The third kappa shape index (κ3) is 4.16. The number of rotatable bonds is 6. The molecule has 0 aliphatic carbocycles. The molecule has 10 heteroatoms. The Morgan fingerprint density at radius 1 is 1.25 bits per heavy atom. The first-order chi connectivity index (χ1) is 9.12. The molecule has 0 unspecified atom stereocenters. The minimum atomic E-state index is -4.15. The number of aliphatic carboxylic acids is 1. The molecule has 0 heterocycles. The van der Waals surface area contributed by atoms with E-state index in [2.05, 4.69) is 0 Å². The van der Waals surface area contributed by atoms with Gasteiger partial charge in [0.1, 0.15) is 11.6 Å². The lowest BCUT2D eigenvalue weighted by Gasteiger charge is -2.09. The zero-order chi connectivity index (χ0) is 15.5. The predicted octanol–water partition coefficient (Wildman–Crippen LogP) is 0.280. The molecular weight excluding hydrogens is 298 g/mol. The van der Waals surface area contributed by atoms with Gasteiger partial charge in [-0.1, -0.05) is 0 Å². The zero-order valence-corrected chi connectivity index (χ0v) is 10.7. The first-order valence-electron chi connectivity index (χ1n) is 5.13. The molecule has 7 nitrogen and oxygen atoms in total. The maximum atomic E-state index is 13.4. The van der Waals surface area contributed by atoms with Crippen molar-refractivity contribution in [1.82, 2.24) is 0 Å². The molecule has 0 bridgehead atoms. The summed E-state index contributed by atoms with van der Waals surface area (Å²) in [7, 11) is -4.15. The first-order valence-corrected chi connectivity index (χ1v) is 6.79. The molecule has 1 amide bonds. The van der Waals surface area contributed by atoms with Crippen molar-refractivity contribution in [2.75, 3.05) is 10.5 Å². The number of carboxylic acid groups (broad SMARTS) is 1. The van der Waals surface area contributed by atoms with Gasteiger partial charge in [0.25, 0.3) is 5.91 Å². The van der Waals surface area contributed by atoms with Crippen LogP contribution in [-0.2, 0) is 14.8 Å². The molecule has 0 aliphatic rings. The Morgan fingerprint density at radius 2 is 1.85 bits per heavy atom. The van der Waals surface area contributed by atoms with Crippen LogP contribution in [0.2, 0.25) is 0 Å². The van der Waals surface area contributed by atoms with E-state index in [1.165, 1.54) is 0 Å². The summed E-state index contributed by atoms with van der Waals surface area (Å²) >= 11 is 0. The number of hydrogen-bond acceptors (Lipinski definition) is 4. The van der Waals surface area contributed by atoms with Gasteiger partial charge in [-0.25, -0.2) is 17.2 Å². The van der Waals surface area contributed by atoms with Crippen molar-refractivity contribution in [2.45, 2.75) is 6.42 Å². The van der Waals surface area contributed by atoms with E-state index in [4.69, 9.17) is 10.8 Å². The number of anilines is 1. The van der Waals surface area contributed by atoms with Gasteiger partial charge in [0.2, 0.25) is 10.0 Å². The van der Waals surface area contributed by atoms with Crippen molar-refractivity contribution in [3.05, 3.63) is 29.3 Å². The van der Waals surface area contributed by atoms with Crippen LogP contribution >= 0.6 is 0 Å². The standard InChI is InChI=1S/C10H10F2N2O5S/c11-6-4-7(12)8(3-5(6)10(13)17)14-20(18,19)2-1-9(15)16/h3-4,14H,1-2H2,(H2,13,17)(H,15,16). The van der Waals surface area contributed by atoms with Crippen LogP contribution in [0.5, 0.6) is 0 Å². The molecule has 0 fully saturated rings. The van der Waals surface area contributed by atoms with Crippen LogP contribution in [0.15, 0.2) is 12.1 Å². The lowest BCUT2D eigenvalue weighted by molar-refractivity contribution is -0.136. The molecule has 0 atom stereocenters. The van der Waals surface area contributed by atoms with E-state index in [9.17, 15) is 26.8 Å². The van der Waals surface area contributed by atoms with Crippen molar-refractivity contribution in [3.8, 4) is 0 Å². The molecule has 0 aliphatic heterocycles. The highest BCUT2D eigenvalue weighted by atomic mass is 32.2. The van der Waals surface area contributed by atoms with Gasteiger partial charge in [-0.2, -0.15) is 0 Å². The smallest absolute Gasteiger partial charge is 0.304 e. The van der Waals surface area contributed by atoms with Gasteiger partial charge in [-0.05, 0) is 6.07 Å². The van der Waals surface area contributed by atoms with Crippen LogP contribution in [0.4, 0.5) is 14.5 Å². The fourth-order valence-corrected chi connectivity index (χ4v) is 2.29. The van der Waals surface area contributed by atoms with E-state index >= 15 is 0 Å². The van der Waals surface area contributed by atoms with E-state index in [0.717, 1.165) is 0 Å². The first kappa shape index (κ1) is 15.8. The molecule has 0 spiro atoms. The van der Waals surface area contributed by atoms with Gasteiger partial charge in [0.15, 0.2) is 0 Å². The second-order valence-corrected chi connectivity index (χ2v) is 5.58. The normalized spacial score (nSPS) is 11.1.